The van der Waals surface area contributed by atoms with Crippen LogP contribution in [0.15, 0.2) is 24.3 Å². The van der Waals surface area contributed by atoms with Gasteiger partial charge in [0.15, 0.2) is 0 Å². The van der Waals surface area contributed by atoms with Gasteiger partial charge in [-0.05, 0) is 85.1 Å². The van der Waals surface area contributed by atoms with Crippen molar-refractivity contribution in [3.05, 3.63) is 35.0 Å². The van der Waals surface area contributed by atoms with Gasteiger partial charge in [0.25, 0.3) is 5.91 Å². The van der Waals surface area contributed by atoms with Gasteiger partial charge in [-0.3, -0.25) is 9.59 Å². The van der Waals surface area contributed by atoms with Gasteiger partial charge in [0.2, 0.25) is 5.91 Å². The smallest absolute Gasteiger partial charge is 0.407 e. The van der Waals surface area contributed by atoms with Crippen molar-refractivity contribution in [2.75, 3.05) is 0 Å². The zero-order chi connectivity index (χ0) is 25.3. The van der Waals surface area contributed by atoms with E-state index in [4.69, 9.17) is 16.3 Å². The molecule has 1 aliphatic rings. The van der Waals surface area contributed by atoms with Gasteiger partial charge in [-0.1, -0.05) is 11.6 Å². The molecule has 8 nitrogen and oxygen atoms in total. The number of aromatic nitrogens is 1. The number of nitrogens with one attached hydrogen (secondary N) is 4. The zero-order valence-corrected chi connectivity index (χ0v) is 21.4. The molecule has 3 rings (SSSR count). The highest BCUT2D eigenvalue weighted by Gasteiger charge is 2.37. The third-order valence-corrected chi connectivity index (χ3v) is 5.80. The molecule has 0 bridgehead atoms. The first-order chi connectivity index (χ1) is 15.7. The predicted molar refractivity (Wildman–Crippen MR) is 133 cm³/mol. The number of alkyl carbamates (subject to hydrolysis) is 1. The maximum atomic E-state index is 13.0. The highest BCUT2D eigenvalue weighted by molar-refractivity contribution is 6.31. The molecule has 9 heteroatoms. The van der Waals surface area contributed by atoms with Gasteiger partial charge in [0.1, 0.15) is 11.3 Å². The van der Waals surface area contributed by atoms with Gasteiger partial charge in [0.05, 0.1) is 6.04 Å². The molecule has 0 saturated heterocycles. The van der Waals surface area contributed by atoms with Crippen molar-refractivity contribution in [2.24, 2.45) is 5.92 Å². The number of amides is 3. The standard InChI is InChI=1S/C25H35ClN4O4/c1-24(2,3)30-21(31)14-7-9-18(19(12-14)29-23(33)34-25(4,5)6)28-22(32)20-13-15-11-16(26)8-10-17(15)27-20/h8,10-11,13-14,18-19,27H,7,9,12H2,1-6H3,(H,28,32)(H,29,33)(H,30,31). The Morgan fingerprint density at radius 2 is 1.71 bits per heavy atom. The number of carbonyl (C=O) groups is 3. The second kappa shape index (κ2) is 9.86. The first kappa shape index (κ1) is 25.9. The fraction of sp³-hybridized carbons (Fsp3) is 0.560. The molecule has 1 aromatic heterocycles. The number of fused-ring (bicyclic) bond motifs is 1. The van der Waals surface area contributed by atoms with Crippen LogP contribution >= 0.6 is 11.6 Å². The molecule has 0 aliphatic heterocycles. The van der Waals surface area contributed by atoms with Crippen molar-refractivity contribution in [1.82, 2.24) is 20.9 Å². The van der Waals surface area contributed by atoms with Gasteiger partial charge in [-0.25, -0.2) is 4.79 Å². The van der Waals surface area contributed by atoms with Crippen LogP contribution in [0, 0.1) is 5.92 Å². The molecule has 34 heavy (non-hydrogen) atoms. The Kier molecular flexibility index (Phi) is 7.50. The number of halogens is 1. The molecule has 1 saturated carbocycles. The summed E-state index contributed by atoms with van der Waals surface area (Å²) in [6, 6.07) is 6.30. The van der Waals surface area contributed by atoms with Crippen molar-refractivity contribution in [3.8, 4) is 0 Å². The molecule has 1 fully saturated rings. The fourth-order valence-electron chi connectivity index (χ4n) is 4.14. The Hall–Kier alpha value is -2.74. The Morgan fingerprint density at radius 1 is 1.00 bits per heavy atom. The van der Waals surface area contributed by atoms with Crippen molar-refractivity contribution in [1.29, 1.82) is 0 Å². The number of ether oxygens (including phenoxy) is 1. The van der Waals surface area contributed by atoms with Crippen molar-refractivity contribution < 1.29 is 19.1 Å². The molecule has 3 amide bonds. The second-order valence-corrected chi connectivity index (χ2v) is 11.4. The SMILES string of the molecule is CC(C)(C)NC(=O)C1CCC(NC(=O)c2cc3cc(Cl)ccc3[nH]2)C(NC(=O)OC(C)(C)C)C1. The maximum Gasteiger partial charge on any atom is 0.407 e. The number of rotatable bonds is 4. The molecule has 3 atom stereocenters. The number of H-pyrrole nitrogens is 1. The van der Waals surface area contributed by atoms with E-state index < -0.39 is 17.7 Å². The van der Waals surface area contributed by atoms with E-state index in [0.717, 1.165) is 10.9 Å². The van der Waals surface area contributed by atoms with Gasteiger partial charge in [-0.15, -0.1) is 0 Å². The lowest BCUT2D eigenvalue weighted by Gasteiger charge is -2.37. The van der Waals surface area contributed by atoms with E-state index in [1.165, 1.54) is 0 Å². The van der Waals surface area contributed by atoms with Crippen LogP contribution in [0.2, 0.25) is 5.02 Å². The summed E-state index contributed by atoms with van der Waals surface area (Å²) < 4.78 is 5.42. The van der Waals surface area contributed by atoms with E-state index >= 15 is 0 Å². The summed E-state index contributed by atoms with van der Waals surface area (Å²) in [5.74, 6) is -0.616. The lowest BCUT2D eigenvalue weighted by molar-refractivity contribution is -0.127. The van der Waals surface area contributed by atoms with Crippen LogP contribution < -0.4 is 16.0 Å². The molecule has 0 radical (unpaired) electrons. The number of aromatic amines is 1. The molecule has 1 aliphatic carbocycles. The van der Waals surface area contributed by atoms with Gasteiger partial charge < -0.3 is 25.7 Å². The fourth-order valence-corrected chi connectivity index (χ4v) is 4.32. The van der Waals surface area contributed by atoms with Crippen LogP contribution in [0.1, 0.15) is 71.3 Å². The highest BCUT2D eigenvalue weighted by Crippen LogP contribution is 2.27. The molecule has 1 heterocycles. The quantitative estimate of drug-likeness (QED) is 0.504. The van der Waals surface area contributed by atoms with Crippen LogP contribution in [-0.2, 0) is 9.53 Å². The van der Waals surface area contributed by atoms with Crippen LogP contribution in [0.5, 0.6) is 0 Å². The summed E-state index contributed by atoms with van der Waals surface area (Å²) in [5, 5.41) is 10.4. The molecule has 186 valence electrons. The van der Waals surface area contributed by atoms with Crippen LogP contribution in [0.25, 0.3) is 10.9 Å². The normalized spacial score (nSPS) is 21.1. The topological polar surface area (TPSA) is 112 Å². The average molecular weight is 491 g/mol. The van der Waals surface area contributed by atoms with E-state index in [-0.39, 0.29) is 29.3 Å². The first-order valence-corrected chi connectivity index (χ1v) is 12.0. The molecule has 0 spiro atoms. The summed E-state index contributed by atoms with van der Waals surface area (Å²) in [6.07, 6.45) is 0.963. The summed E-state index contributed by atoms with van der Waals surface area (Å²) >= 11 is 6.06. The number of carbonyl (C=O) groups excluding carboxylic acids is 3. The first-order valence-electron chi connectivity index (χ1n) is 11.6. The van der Waals surface area contributed by atoms with Gasteiger partial charge >= 0.3 is 6.09 Å². The minimum Gasteiger partial charge on any atom is -0.444 e. The Bertz CT molecular complexity index is 1070. The second-order valence-electron chi connectivity index (χ2n) is 11.0. The summed E-state index contributed by atoms with van der Waals surface area (Å²) in [6.45, 7) is 11.2. The Balaban J connectivity index is 1.75. The van der Waals surface area contributed by atoms with Crippen molar-refractivity contribution in [2.45, 2.75) is 84.0 Å². The minimum absolute atomic E-state index is 0.0549. The van der Waals surface area contributed by atoms with E-state index in [1.54, 1.807) is 39.0 Å². The molecular weight excluding hydrogens is 456 g/mol. The molecular formula is C25H35ClN4O4. The largest absolute Gasteiger partial charge is 0.444 e. The van der Waals surface area contributed by atoms with Crippen LogP contribution in [0.4, 0.5) is 4.79 Å². The monoisotopic (exact) mass is 490 g/mol. The molecule has 4 N–H and O–H groups in total. The summed E-state index contributed by atoms with van der Waals surface area (Å²) in [4.78, 5) is 41.4. The van der Waals surface area contributed by atoms with Gasteiger partial charge in [0, 0.05) is 33.4 Å². The molecule has 3 unspecified atom stereocenters. The number of hydrogen-bond acceptors (Lipinski definition) is 4. The van der Waals surface area contributed by atoms with Crippen LogP contribution in [-0.4, -0.2) is 46.1 Å². The van der Waals surface area contributed by atoms with Crippen molar-refractivity contribution >= 4 is 40.4 Å². The third-order valence-electron chi connectivity index (χ3n) is 5.57. The Morgan fingerprint density at radius 3 is 2.35 bits per heavy atom. The average Bonchev–Trinajstić information content (AvgIpc) is 3.09. The summed E-state index contributed by atoms with van der Waals surface area (Å²) in [5.41, 5.74) is 0.197. The van der Waals surface area contributed by atoms with Gasteiger partial charge in [-0.2, -0.15) is 0 Å². The number of benzene rings is 1. The molecule has 1 aromatic carbocycles. The minimum atomic E-state index is -0.661. The van der Waals surface area contributed by atoms with E-state index in [2.05, 4.69) is 20.9 Å². The van der Waals surface area contributed by atoms with Crippen LogP contribution in [0.3, 0.4) is 0 Å². The van der Waals surface area contributed by atoms with E-state index in [0.29, 0.717) is 30.0 Å². The summed E-state index contributed by atoms with van der Waals surface area (Å²) in [7, 11) is 0. The number of hydrogen-bond donors (Lipinski definition) is 4. The third kappa shape index (κ3) is 7.13. The Labute approximate surface area is 205 Å². The highest BCUT2D eigenvalue weighted by atomic mass is 35.5. The molecule has 2 aromatic rings. The zero-order valence-electron chi connectivity index (χ0n) is 20.7. The maximum absolute atomic E-state index is 13.0. The van der Waals surface area contributed by atoms with E-state index in [9.17, 15) is 14.4 Å². The lowest BCUT2D eigenvalue weighted by Crippen LogP contribution is -2.57. The van der Waals surface area contributed by atoms with Crippen molar-refractivity contribution in [3.63, 3.8) is 0 Å². The lowest BCUT2D eigenvalue weighted by atomic mass is 9.81. The predicted octanol–water partition coefficient (Wildman–Crippen LogP) is 4.53. The van der Waals surface area contributed by atoms with E-state index in [1.807, 2.05) is 26.8 Å².